The minimum Gasteiger partial charge on any atom is -0.359 e. The summed E-state index contributed by atoms with van der Waals surface area (Å²) in [7, 11) is 1.41. The van der Waals surface area contributed by atoms with E-state index in [0.29, 0.717) is 0 Å². The number of nitrogens with zero attached hydrogens (tertiary/aromatic N) is 1. The van der Waals surface area contributed by atoms with E-state index in [1.54, 1.807) is 0 Å². The van der Waals surface area contributed by atoms with Crippen molar-refractivity contribution in [3.8, 4) is 0 Å². The average Bonchev–Trinajstić information content (AvgIpc) is 2.48. The van der Waals surface area contributed by atoms with Gasteiger partial charge >= 0.3 is 0 Å². The van der Waals surface area contributed by atoms with Crippen molar-refractivity contribution in [2.75, 3.05) is 20.1 Å². The number of carbonyl (C=O) groups excluding carboxylic acids is 3. The third-order valence-electron chi connectivity index (χ3n) is 3.40. The van der Waals surface area contributed by atoms with E-state index in [0.717, 1.165) is 0 Å². The number of hydrogen-bond acceptors (Lipinski definition) is 3. The van der Waals surface area contributed by atoms with Crippen LogP contribution in [0.25, 0.3) is 0 Å². The highest BCUT2D eigenvalue weighted by Crippen LogP contribution is 2.31. The molecule has 1 atom stereocenters. The maximum absolute atomic E-state index is 14.1. The van der Waals surface area contributed by atoms with Crippen LogP contribution in [0.2, 0.25) is 5.02 Å². The second-order valence-electron chi connectivity index (χ2n) is 4.77. The number of amides is 3. The molecular formula is C14H15ClFN3O3. The van der Waals surface area contributed by atoms with Crippen LogP contribution in [0, 0.1) is 5.82 Å². The normalized spacial score (nSPS) is 17.9. The van der Waals surface area contributed by atoms with Gasteiger partial charge in [0.05, 0.1) is 0 Å². The molecule has 1 heterocycles. The molecule has 1 saturated heterocycles. The molecule has 1 aromatic rings. The average molecular weight is 328 g/mol. The summed E-state index contributed by atoms with van der Waals surface area (Å²) in [4.78, 5) is 36.9. The SMILES string of the molecule is CNC(=O)CC(=O)N1CCNC(=O)C1c1c(F)cccc1Cl. The lowest BCUT2D eigenvalue weighted by Gasteiger charge is -2.35. The van der Waals surface area contributed by atoms with E-state index in [4.69, 9.17) is 11.6 Å². The summed E-state index contributed by atoms with van der Waals surface area (Å²) >= 11 is 5.99. The summed E-state index contributed by atoms with van der Waals surface area (Å²) in [6.45, 7) is 0.414. The molecule has 118 valence electrons. The molecule has 1 fully saturated rings. The van der Waals surface area contributed by atoms with Crippen molar-refractivity contribution in [2.45, 2.75) is 12.5 Å². The van der Waals surface area contributed by atoms with Gasteiger partial charge in [-0.25, -0.2) is 4.39 Å². The van der Waals surface area contributed by atoms with Gasteiger partial charge in [-0.05, 0) is 12.1 Å². The minimum atomic E-state index is -1.18. The predicted octanol–water partition coefficient (Wildman–Crippen LogP) is 0.615. The molecule has 2 N–H and O–H groups in total. The van der Waals surface area contributed by atoms with Gasteiger partial charge < -0.3 is 15.5 Å². The van der Waals surface area contributed by atoms with Crippen molar-refractivity contribution in [1.82, 2.24) is 15.5 Å². The smallest absolute Gasteiger partial charge is 0.247 e. The van der Waals surface area contributed by atoms with Crippen molar-refractivity contribution in [3.05, 3.63) is 34.6 Å². The van der Waals surface area contributed by atoms with E-state index in [9.17, 15) is 18.8 Å². The topological polar surface area (TPSA) is 78.5 Å². The Bertz CT molecular complexity index is 603. The minimum absolute atomic E-state index is 0.0554. The van der Waals surface area contributed by atoms with E-state index >= 15 is 0 Å². The largest absolute Gasteiger partial charge is 0.359 e. The summed E-state index contributed by atoms with van der Waals surface area (Å²) in [5.74, 6) is -2.23. The highest BCUT2D eigenvalue weighted by molar-refractivity contribution is 6.31. The summed E-state index contributed by atoms with van der Waals surface area (Å²) < 4.78 is 14.1. The van der Waals surface area contributed by atoms with Gasteiger partial charge in [0.25, 0.3) is 0 Å². The van der Waals surface area contributed by atoms with Crippen molar-refractivity contribution < 1.29 is 18.8 Å². The maximum Gasteiger partial charge on any atom is 0.247 e. The predicted molar refractivity (Wildman–Crippen MR) is 77.6 cm³/mol. The Morgan fingerprint density at radius 1 is 1.50 bits per heavy atom. The van der Waals surface area contributed by atoms with Gasteiger partial charge in [-0.3, -0.25) is 14.4 Å². The molecule has 0 saturated carbocycles. The number of benzene rings is 1. The molecule has 0 aromatic heterocycles. The zero-order valence-corrected chi connectivity index (χ0v) is 12.6. The Kier molecular flexibility index (Phi) is 4.97. The lowest BCUT2D eigenvalue weighted by Crippen LogP contribution is -2.53. The lowest BCUT2D eigenvalue weighted by molar-refractivity contribution is -0.145. The zero-order chi connectivity index (χ0) is 16.3. The number of hydrogen-bond donors (Lipinski definition) is 2. The van der Waals surface area contributed by atoms with Crippen LogP contribution in [-0.2, 0) is 14.4 Å². The van der Waals surface area contributed by atoms with Crippen molar-refractivity contribution >= 4 is 29.3 Å². The molecule has 2 rings (SSSR count). The van der Waals surface area contributed by atoms with Crippen LogP contribution < -0.4 is 10.6 Å². The summed E-state index contributed by atoms with van der Waals surface area (Å²) in [6, 6.07) is 2.85. The Balaban J connectivity index is 2.37. The molecule has 0 spiro atoms. The van der Waals surface area contributed by atoms with E-state index in [1.807, 2.05) is 0 Å². The van der Waals surface area contributed by atoms with Crippen LogP contribution in [0.5, 0.6) is 0 Å². The highest BCUT2D eigenvalue weighted by Gasteiger charge is 2.37. The van der Waals surface area contributed by atoms with Crippen molar-refractivity contribution in [3.63, 3.8) is 0 Å². The molecule has 6 nitrogen and oxygen atoms in total. The maximum atomic E-state index is 14.1. The van der Waals surface area contributed by atoms with E-state index in [-0.39, 0.29) is 23.7 Å². The van der Waals surface area contributed by atoms with Gasteiger partial charge in [-0.15, -0.1) is 0 Å². The molecule has 22 heavy (non-hydrogen) atoms. The molecule has 8 heteroatoms. The lowest BCUT2D eigenvalue weighted by atomic mass is 10.0. The fourth-order valence-corrected chi connectivity index (χ4v) is 2.59. The number of carbonyl (C=O) groups is 3. The summed E-state index contributed by atoms with van der Waals surface area (Å²) in [5, 5.41) is 4.97. The molecule has 1 aliphatic rings. The van der Waals surface area contributed by atoms with E-state index in [2.05, 4.69) is 10.6 Å². The van der Waals surface area contributed by atoms with Gasteiger partial charge in [-0.1, -0.05) is 17.7 Å². The fourth-order valence-electron chi connectivity index (χ4n) is 2.32. The van der Waals surface area contributed by atoms with Crippen LogP contribution in [0.15, 0.2) is 18.2 Å². The van der Waals surface area contributed by atoms with E-state index in [1.165, 1.54) is 30.1 Å². The Morgan fingerprint density at radius 3 is 2.86 bits per heavy atom. The summed E-state index contributed by atoms with van der Waals surface area (Å²) in [5.41, 5.74) is -0.0633. The van der Waals surface area contributed by atoms with Crippen LogP contribution in [-0.4, -0.2) is 42.8 Å². The first-order valence-corrected chi connectivity index (χ1v) is 7.05. The number of halogens is 2. The fraction of sp³-hybridized carbons (Fsp3) is 0.357. The van der Waals surface area contributed by atoms with Gasteiger partial charge in [0, 0.05) is 30.7 Å². The molecule has 1 aliphatic heterocycles. The van der Waals surface area contributed by atoms with Crippen molar-refractivity contribution in [1.29, 1.82) is 0 Å². The third kappa shape index (κ3) is 3.19. The first-order chi connectivity index (χ1) is 10.5. The Morgan fingerprint density at radius 2 is 2.23 bits per heavy atom. The summed E-state index contributed by atoms with van der Waals surface area (Å²) in [6.07, 6.45) is -0.410. The van der Waals surface area contributed by atoms with Gasteiger partial charge in [0.15, 0.2) is 0 Å². The molecule has 0 radical (unpaired) electrons. The van der Waals surface area contributed by atoms with E-state index < -0.39 is 36.0 Å². The van der Waals surface area contributed by atoms with Gasteiger partial charge in [0.1, 0.15) is 18.3 Å². The standard InChI is InChI=1S/C14H15ClFN3O3/c1-17-10(20)7-11(21)19-6-5-18-14(22)13(19)12-8(15)3-2-4-9(12)16/h2-4,13H,5-7H2,1H3,(H,17,20)(H,18,22). The second-order valence-corrected chi connectivity index (χ2v) is 5.17. The zero-order valence-electron chi connectivity index (χ0n) is 11.9. The van der Waals surface area contributed by atoms with Crippen LogP contribution in [0.3, 0.4) is 0 Å². The Hall–Kier alpha value is -2.15. The molecular weight excluding hydrogens is 313 g/mol. The highest BCUT2D eigenvalue weighted by atomic mass is 35.5. The molecule has 0 aliphatic carbocycles. The van der Waals surface area contributed by atoms with Crippen LogP contribution in [0.4, 0.5) is 4.39 Å². The van der Waals surface area contributed by atoms with Gasteiger partial charge in [0.2, 0.25) is 17.7 Å². The van der Waals surface area contributed by atoms with Crippen LogP contribution >= 0.6 is 11.6 Å². The van der Waals surface area contributed by atoms with Crippen LogP contribution in [0.1, 0.15) is 18.0 Å². The number of rotatable bonds is 3. The number of piperazine rings is 1. The molecule has 0 bridgehead atoms. The third-order valence-corrected chi connectivity index (χ3v) is 3.73. The first kappa shape index (κ1) is 16.2. The van der Waals surface area contributed by atoms with Gasteiger partial charge in [-0.2, -0.15) is 0 Å². The Labute approximate surface area is 131 Å². The second kappa shape index (κ2) is 6.74. The molecule has 1 unspecified atom stereocenters. The van der Waals surface area contributed by atoms with Crippen molar-refractivity contribution in [2.24, 2.45) is 0 Å². The first-order valence-electron chi connectivity index (χ1n) is 6.67. The number of nitrogens with one attached hydrogen (secondary N) is 2. The molecule has 1 aromatic carbocycles. The quantitative estimate of drug-likeness (QED) is 0.799. The monoisotopic (exact) mass is 327 g/mol. The molecule has 3 amide bonds.